The van der Waals surface area contributed by atoms with Gasteiger partial charge in [0.25, 0.3) is 0 Å². The number of ether oxygens (including phenoxy) is 1. The second-order valence-electron chi connectivity index (χ2n) is 2.88. The molecule has 0 aliphatic rings. The summed E-state index contributed by atoms with van der Waals surface area (Å²) >= 11 is 7.74. The van der Waals surface area contributed by atoms with Crippen LogP contribution in [0.3, 0.4) is 0 Å². The Hall–Kier alpha value is -0.730. The highest BCUT2D eigenvalue weighted by Gasteiger charge is 2.04. The van der Waals surface area contributed by atoms with E-state index in [1.165, 1.54) is 15.0 Å². The molecule has 0 saturated heterocycles. The highest BCUT2D eigenvalue weighted by atomic mass is 35.5. The number of hydrogen-bond donors (Lipinski definition) is 0. The van der Waals surface area contributed by atoms with Crippen molar-refractivity contribution < 1.29 is 4.74 Å². The van der Waals surface area contributed by atoms with Crippen molar-refractivity contribution in [1.82, 2.24) is 0 Å². The minimum Gasteiger partial charge on any atom is -0.495 e. The van der Waals surface area contributed by atoms with Crippen LogP contribution in [-0.4, -0.2) is 7.11 Å². The van der Waals surface area contributed by atoms with Gasteiger partial charge in [-0.2, -0.15) is 0 Å². The lowest BCUT2D eigenvalue weighted by Gasteiger charge is -2.01. The van der Waals surface area contributed by atoms with Gasteiger partial charge in [-0.25, -0.2) is 0 Å². The summed E-state index contributed by atoms with van der Waals surface area (Å²) < 4.78 is 6.35. The lowest BCUT2D eigenvalue weighted by Crippen LogP contribution is -1.82. The monoisotopic (exact) mass is 212 g/mol. The SMILES string of the molecule is COc1cc2cc(C)sc2cc1Cl. The molecule has 0 aliphatic heterocycles. The van der Waals surface area contributed by atoms with Crippen molar-refractivity contribution in [3.8, 4) is 5.75 Å². The first-order valence-electron chi connectivity index (χ1n) is 3.94. The summed E-state index contributed by atoms with van der Waals surface area (Å²) in [5.41, 5.74) is 0. The standard InChI is InChI=1S/C10H9ClOS/c1-6-3-7-4-9(12-2)8(11)5-10(7)13-6/h3-5H,1-2H3. The van der Waals surface area contributed by atoms with E-state index in [4.69, 9.17) is 16.3 Å². The average molecular weight is 213 g/mol. The molecule has 0 unspecified atom stereocenters. The van der Waals surface area contributed by atoms with Crippen molar-refractivity contribution in [1.29, 1.82) is 0 Å². The predicted octanol–water partition coefficient (Wildman–Crippen LogP) is 3.87. The number of thiophene rings is 1. The Morgan fingerprint density at radius 1 is 1.31 bits per heavy atom. The molecule has 0 atom stereocenters. The molecule has 13 heavy (non-hydrogen) atoms. The van der Waals surface area contributed by atoms with Crippen molar-refractivity contribution in [2.24, 2.45) is 0 Å². The minimum absolute atomic E-state index is 0.678. The first-order valence-corrected chi connectivity index (χ1v) is 5.14. The Labute approximate surface area is 85.9 Å². The Balaban J connectivity index is 2.72. The number of methoxy groups -OCH3 is 1. The summed E-state index contributed by atoms with van der Waals surface area (Å²) in [6, 6.07) is 6.06. The molecule has 0 fully saturated rings. The van der Waals surface area contributed by atoms with E-state index in [9.17, 15) is 0 Å². The van der Waals surface area contributed by atoms with Gasteiger partial charge in [0.2, 0.25) is 0 Å². The highest BCUT2D eigenvalue weighted by molar-refractivity contribution is 7.19. The zero-order valence-corrected chi connectivity index (χ0v) is 9.00. The van der Waals surface area contributed by atoms with Crippen LogP contribution in [0.4, 0.5) is 0 Å². The second kappa shape index (κ2) is 3.20. The fourth-order valence-corrected chi connectivity index (χ4v) is 2.58. The smallest absolute Gasteiger partial charge is 0.138 e. The van der Waals surface area contributed by atoms with Gasteiger partial charge in [-0.1, -0.05) is 11.6 Å². The van der Waals surface area contributed by atoms with Gasteiger partial charge in [-0.3, -0.25) is 0 Å². The highest BCUT2D eigenvalue weighted by Crippen LogP contribution is 2.34. The van der Waals surface area contributed by atoms with Crippen LogP contribution < -0.4 is 4.74 Å². The number of rotatable bonds is 1. The summed E-state index contributed by atoms with van der Waals surface area (Å²) in [4.78, 5) is 1.29. The van der Waals surface area contributed by atoms with Gasteiger partial charge in [0.05, 0.1) is 12.1 Å². The number of fused-ring (bicyclic) bond motifs is 1. The van der Waals surface area contributed by atoms with Crippen LogP contribution in [-0.2, 0) is 0 Å². The Kier molecular flexibility index (Phi) is 2.18. The number of benzene rings is 1. The lowest BCUT2D eigenvalue weighted by molar-refractivity contribution is 0.415. The molecule has 1 aromatic carbocycles. The third kappa shape index (κ3) is 1.52. The van der Waals surface area contributed by atoms with Crippen molar-refractivity contribution in [2.75, 3.05) is 7.11 Å². The van der Waals surface area contributed by atoms with Gasteiger partial charge >= 0.3 is 0 Å². The van der Waals surface area contributed by atoms with Crippen LogP contribution in [0, 0.1) is 6.92 Å². The fourth-order valence-electron chi connectivity index (χ4n) is 1.33. The van der Waals surface area contributed by atoms with Gasteiger partial charge < -0.3 is 4.74 Å². The van der Waals surface area contributed by atoms with Crippen molar-refractivity contribution in [2.45, 2.75) is 6.92 Å². The molecular formula is C10H9ClOS. The largest absolute Gasteiger partial charge is 0.495 e. The summed E-state index contributed by atoms with van der Waals surface area (Å²) in [5, 5.41) is 1.88. The fraction of sp³-hybridized carbons (Fsp3) is 0.200. The maximum atomic E-state index is 5.99. The Morgan fingerprint density at radius 3 is 2.77 bits per heavy atom. The third-order valence-electron chi connectivity index (χ3n) is 1.91. The van der Waals surface area contributed by atoms with E-state index in [0.29, 0.717) is 5.02 Å². The molecule has 68 valence electrons. The van der Waals surface area contributed by atoms with Crippen LogP contribution >= 0.6 is 22.9 Å². The molecule has 1 aromatic heterocycles. The summed E-state index contributed by atoms with van der Waals surface area (Å²) in [7, 11) is 1.63. The summed E-state index contributed by atoms with van der Waals surface area (Å²) in [5.74, 6) is 0.743. The van der Waals surface area contributed by atoms with Gasteiger partial charge in [0, 0.05) is 9.58 Å². The van der Waals surface area contributed by atoms with E-state index in [-0.39, 0.29) is 0 Å². The molecule has 0 radical (unpaired) electrons. The molecule has 1 nitrogen and oxygen atoms in total. The van der Waals surface area contributed by atoms with E-state index in [2.05, 4.69) is 13.0 Å². The van der Waals surface area contributed by atoms with Crippen LogP contribution in [0.5, 0.6) is 5.75 Å². The maximum absolute atomic E-state index is 5.99. The quantitative estimate of drug-likeness (QED) is 0.697. The molecule has 1 heterocycles. The zero-order valence-electron chi connectivity index (χ0n) is 7.43. The molecule has 0 aliphatic carbocycles. The van der Waals surface area contributed by atoms with Gasteiger partial charge in [0.15, 0.2) is 0 Å². The van der Waals surface area contributed by atoms with Gasteiger partial charge in [0.1, 0.15) is 5.75 Å². The lowest BCUT2D eigenvalue weighted by atomic mass is 10.2. The number of hydrogen-bond acceptors (Lipinski definition) is 2. The van der Waals surface area contributed by atoms with Crippen molar-refractivity contribution in [3.05, 3.63) is 28.1 Å². The molecule has 3 heteroatoms. The Morgan fingerprint density at radius 2 is 2.08 bits per heavy atom. The third-order valence-corrected chi connectivity index (χ3v) is 3.22. The number of aryl methyl sites for hydroxylation is 1. The molecule has 2 rings (SSSR count). The molecule has 0 saturated carbocycles. The van der Waals surface area contributed by atoms with E-state index >= 15 is 0 Å². The van der Waals surface area contributed by atoms with Crippen LogP contribution in [0.25, 0.3) is 10.1 Å². The van der Waals surface area contributed by atoms with Gasteiger partial charge in [-0.05, 0) is 30.5 Å². The van der Waals surface area contributed by atoms with Crippen LogP contribution in [0.1, 0.15) is 4.88 Å². The molecule has 0 spiro atoms. The van der Waals surface area contributed by atoms with Crippen LogP contribution in [0.15, 0.2) is 18.2 Å². The van der Waals surface area contributed by atoms with E-state index in [0.717, 1.165) is 5.75 Å². The van der Waals surface area contributed by atoms with Crippen molar-refractivity contribution >= 4 is 33.0 Å². The number of halogens is 1. The zero-order chi connectivity index (χ0) is 9.42. The topological polar surface area (TPSA) is 9.23 Å². The van der Waals surface area contributed by atoms with E-state index in [1.54, 1.807) is 18.4 Å². The summed E-state index contributed by atoms with van der Waals surface area (Å²) in [6.07, 6.45) is 0. The normalized spacial score (nSPS) is 10.7. The minimum atomic E-state index is 0.678. The van der Waals surface area contributed by atoms with Crippen molar-refractivity contribution in [3.63, 3.8) is 0 Å². The molecule has 2 aromatic rings. The molecule has 0 amide bonds. The van der Waals surface area contributed by atoms with E-state index in [1.807, 2.05) is 12.1 Å². The second-order valence-corrected chi connectivity index (χ2v) is 4.58. The molecular weight excluding hydrogens is 204 g/mol. The molecule has 0 N–H and O–H groups in total. The van der Waals surface area contributed by atoms with Crippen LogP contribution in [0.2, 0.25) is 5.02 Å². The average Bonchev–Trinajstić information content (AvgIpc) is 2.42. The summed E-state index contributed by atoms with van der Waals surface area (Å²) in [6.45, 7) is 2.09. The van der Waals surface area contributed by atoms with E-state index < -0.39 is 0 Å². The van der Waals surface area contributed by atoms with Gasteiger partial charge in [-0.15, -0.1) is 11.3 Å². The Bertz CT molecular complexity index is 447. The molecule has 0 bridgehead atoms. The first kappa shape index (κ1) is 8.85. The predicted molar refractivity (Wildman–Crippen MR) is 58.1 cm³/mol. The maximum Gasteiger partial charge on any atom is 0.138 e. The first-order chi connectivity index (χ1) is 6.20.